The van der Waals surface area contributed by atoms with Crippen LogP contribution in [0.5, 0.6) is 0 Å². The van der Waals surface area contributed by atoms with Gasteiger partial charge < -0.3 is 5.73 Å². The topological polar surface area (TPSA) is 85.1 Å². The Balaban J connectivity index is 0.00000162. The van der Waals surface area contributed by atoms with Crippen LogP contribution < -0.4 is 10.5 Å². The van der Waals surface area contributed by atoms with E-state index in [1.807, 2.05) is 0 Å². The molecule has 8 heteroatoms. The van der Waals surface area contributed by atoms with Crippen LogP contribution in [-0.2, 0) is 10.0 Å². The zero-order valence-electron chi connectivity index (χ0n) is 9.54. The molecule has 1 atom stereocenters. The standard InChI is InChI=1S/C10H14ClN3O2S.ClH/c11-8-3-9(6-13-5-8)17(15,16)14-10(4-12)7-1-2-7;/h3,5-7,10,14H,1-2,4,12H2;1H. The Morgan fingerprint density at radius 2 is 2.17 bits per heavy atom. The summed E-state index contributed by atoms with van der Waals surface area (Å²) >= 11 is 5.72. The van der Waals surface area contributed by atoms with Crippen LogP contribution in [0.1, 0.15) is 12.8 Å². The Kier molecular flexibility index (Phi) is 5.36. The molecule has 0 saturated heterocycles. The van der Waals surface area contributed by atoms with E-state index in [-0.39, 0.29) is 23.3 Å². The fourth-order valence-corrected chi connectivity index (χ4v) is 3.19. The van der Waals surface area contributed by atoms with E-state index in [4.69, 9.17) is 17.3 Å². The first-order valence-electron chi connectivity index (χ1n) is 5.36. The normalized spacial score (nSPS) is 17.0. The maximum absolute atomic E-state index is 12.0. The third-order valence-corrected chi connectivity index (χ3v) is 4.41. The van der Waals surface area contributed by atoms with Crippen LogP contribution in [0.25, 0.3) is 0 Å². The predicted octanol–water partition coefficient (Wildman–Crippen LogP) is 1.17. The Morgan fingerprint density at radius 3 is 2.67 bits per heavy atom. The summed E-state index contributed by atoms with van der Waals surface area (Å²) < 4.78 is 26.6. The van der Waals surface area contributed by atoms with Crippen LogP contribution in [0, 0.1) is 5.92 Å². The van der Waals surface area contributed by atoms with Crippen LogP contribution in [0.4, 0.5) is 0 Å². The molecular formula is C10H15Cl2N3O2S. The first-order valence-corrected chi connectivity index (χ1v) is 7.22. The summed E-state index contributed by atoms with van der Waals surface area (Å²) in [5.74, 6) is 0.363. The lowest BCUT2D eigenvalue weighted by Crippen LogP contribution is -2.41. The molecule has 0 bridgehead atoms. The van der Waals surface area contributed by atoms with Gasteiger partial charge in [-0.2, -0.15) is 0 Å². The molecule has 18 heavy (non-hydrogen) atoms. The quantitative estimate of drug-likeness (QED) is 0.855. The van der Waals surface area contributed by atoms with Gasteiger partial charge in [0.2, 0.25) is 10.0 Å². The molecule has 0 aliphatic heterocycles. The molecule has 5 nitrogen and oxygen atoms in total. The van der Waals surface area contributed by atoms with Gasteiger partial charge in [-0.1, -0.05) is 11.6 Å². The molecule has 0 amide bonds. The molecule has 1 saturated carbocycles. The molecule has 0 spiro atoms. The second-order valence-electron chi connectivity index (χ2n) is 4.14. The molecule has 1 aliphatic carbocycles. The number of halogens is 2. The van der Waals surface area contributed by atoms with Crippen LogP contribution >= 0.6 is 24.0 Å². The highest BCUT2D eigenvalue weighted by molar-refractivity contribution is 7.89. The molecule has 1 aromatic heterocycles. The fourth-order valence-electron chi connectivity index (χ4n) is 1.64. The van der Waals surface area contributed by atoms with E-state index in [1.54, 1.807) is 0 Å². The van der Waals surface area contributed by atoms with Gasteiger partial charge in [0.05, 0.1) is 5.02 Å². The number of pyridine rings is 1. The summed E-state index contributed by atoms with van der Waals surface area (Å²) in [6, 6.07) is 1.18. The molecule has 2 rings (SSSR count). The monoisotopic (exact) mass is 311 g/mol. The highest BCUT2D eigenvalue weighted by atomic mass is 35.5. The number of nitrogens with zero attached hydrogens (tertiary/aromatic N) is 1. The smallest absolute Gasteiger partial charge is 0.242 e. The molecule has 1 aromatic rings. The Hall–Kier alpha value is -0.400. The second kappa shape index (κ2) is 6.16. The average Bonchev–Trinajstić information content (AvgIpc) is 3.10. The Morgan fingerprint density at radius 1 is 1.50 bits per heavy atom. The highest BCUT2D eigenvalue weighted by Crippen LogP contribution is 2.32. The largest absolute Gasteiger partial charge is 0.329 e. The van der Waals surface area contributed by atoms with Crippen molar-refractivity contribution >= 4 is 34.0 Å². The van der Waals surface area contributed by atoms with Crippen molar-refractivity contribution in [3.05, 3.63) is 23.5 Å². The third kappa shape index (κ3) is 3.80. The van der Waals surface area contributed by atoms with E-state index in [0.717, 1.165) is 12.8 Å². The molecule has 1 heterocycles. The number of nitrogens with one attached hydrogen (secondary N) is 1. The van der Waals surface area contributed by atoms with Crippen molar-refractivity contribution in [2.45, 2.75) is 23.8 Å². The van der Waals surface area contributed by atoms with Gasteiger partial charge in [-0.15, -0.1) is 12.4 Å². The number of aromatic nitrogens is 1. The SMILES string of the molecule is Cl.NCC(NS(=O)(=O)c1cncc(Cl)c1)C1CC1. The summed E-state index contributed by atoms with van der Waals surface area (Å²) in [6.07, 6.45) is 4.72. The van der Waals surface area contributed by atoms with E-state index >= 15 is 0 Å². The minimum Gasteiger partial charge on any atom is -0.329 e. The van der Waals surface area contributed by atoms with Gasteiger partial charge in [0.25, 0.3) is 0 Å². The molecular weight excluding hydrogens is 297 g/mol. The lowest BCUT2D eigenvalue weighted by molar-refractivity contribution is 0.519. The van der Waals surface area contributed by atoms with Crippen molar-refractivity contribution in [2.75, 3.05) is 6.54 Å². The second-order valence-corrected chi connectivity index (χ2v) is 6.29. The molecule has 1 aliphatic rings. The number of sulfonamides is 1. The summed E-state index contributed by atoms with van der Waals surface area (Å²) in [7, 11) is -3.58. The van der Waals surface area contributed by atoms with Crippen molar-refractivity contribution in [3.63, 3.8) is 0 Å². The van der Waals surface area contributed by atoms with Gasteiger partial charge in [-0.3, -0.25) is 4.98 Å². The molecule has 102 valence electrons. The lowest BCUT2D eigenvalue weighted by atomic mass is 10.2. The van der Waals surface area contributed by atoms with Gasteiger partial charge in [0.1, 0.15) is 4.90 Å². The van der Waals surface area contributed by atoms with Gasteiger partial charge >= 0.3 is 0 Å². The van der Waals surface area contributed by atoms with Crippen molar-refractivity contribution in [2.24, 2.45) is 11.7 Å². The number of hydrogen-bond acceptors (Lipinski definition) is 4. The highest BCUT2D eigenvalue weighted by Gasteiger charge is 2.33. The van der Waals surface area contributed by atoms with E-state index in [2.05, 4.69) is 9.71 Å². The first-order chi connectivity index (χ1) is 8.03. The molecule has 1 unspecified atom stereocenters. The van der Waals surface area contributed by atoms with E-state index in [0.29, 0.717) is 17.5 Å². The summed E-state index contributed by atoms with van der Waals surface area (Å²) in [5, 5.41) is 0.295. The molecule has 3 N–H and O–H groups in total. The van der Waals surface area contributed by atoms with Gasteiger partial charge in [-0.05, 0) is 24.8 Å². The molecule has 0 radical (unpaired) electrons. The van der Waals surface area contributed by atoms with Crippen molar-refractivity contribution in [1.29, 1.82) is 0 Å². The van der Waals surface area contributed by atoms with Gasteiger partial charge in [0.15, 0.2) is 0 Å². The van der Waals surface area contributed by atoms with Gasteiger partial charge in [0, 0.05) is 25.0 Å². The summed E-state index contributed by atoms with van der Waals surface area (Å²) in [6.45, 7) is 0.303. The Bertz CT molecular complexity index is 506. The third-order valence-electron chi connectivity index (χ3n) is 2.74. The maximum atomic E-state index is 12.0. The van der Waals surface area contributed by atoms with Crippen molar-refractivity contribution in [3.8, 4) is 0 Å². The van der Waals surface area contributed by atoms with Crippen LogP contribution in [0.15, 0.2) is 23.4 Å². The minimum absolute atomic E-state index is 0. The Labute approximate surface area is 118 Å². The summed E-state index contributed by atoms with van der Waals surface area (Å²) in [5.41, 5.74) is 5.56. The predicted molar refractivity (Wildman–Crippen MR) is 72.4 cm³/mol. The zero-order chi connectivity index (χ0) is 12.5. The van der Waals surface area contributed by atoms with E-state index < -0.39 is 10.0 Å². The minimum atomic E-state index is -3.58. The van der Waals surface area contributed by atoms with Crippen molar-refractivity contribution < 1.29 is 8.42 Å². The first kappa shape index (κ1) is 15.7. The maximum Gasteiger partial charge on any atom is 0.242 e. The van der Waals surface area contributed by atoms with Crippen LogP contribution in [0.3, 0.4) is 0 Å². The van der Waals surface area contributed by atoms with Crippen molar-refractivity contribution in [1.82, 2.24) is 9.71 Å². The van der Waals surface area contributed by atoms with Crippen LogP contribution in [0.2, 0.25) is 5.02 Å². The number of nitrogens with two attached hydrogens (primary N) is 1. The number of rotatable bonds is 5. The molecule has 1 fully saturated rings. The van der Waals surface area contributed by atoms with E-state index in [9.17, 15) is 8.42 Å². The summed E-state index contributed by atoms with van der Waals surface area (Å²) in [4.78, 5) is 3.83. The average molecular weight is 312 g/mol. The van der Waals surface area contributed by atoms with E-state index in [1.165, 1.54) is 18.5 Å². The zero-order valence-corrected chi connectivity index (χ0v) is 11.9. The molecule has 0 aromatic carbocycles. The fraction of sp³-hybridized carbons (Fsp3) is 0.500. The van der Waals surface area contributed by atoms with Gasteiger partial charge in [-0.25, -0.2) is 13.1 Å². The van der Waals surface area contributed by atoms with Crippen LogP contribution in [-0.4, -0.2) is 26.0 Å². The lowest BCUT2D eigenvalue weighted by Gasteiger charge is -2.15. The number of hydrogen-bond donors (Lipinski definition) is 2.